The van der Waals surface area contributed by atoms with Crippen LogP contribution in [0.2, 0.25) is 0 Å². The lowest BCUT2D eigenvalue weighted by Gasteiger charge is -2.55. The van der Waals surface area contributed by atoms with Crippen LogP contribution in [0.4, 0.5) is 10.5 Å². The molecule has 1 amide bonds. The summed E-state index contributed by atoms with van der Waals surface area (Å²) in [4.78, 5) is 21.2. The van der Waals surface area contributed by atoms with Crippen LogP contribution in [0, 0.1) is 12.3 Å². The largest absolute Gasteiger partial charge is 0.465 e. The van der Waals surface area contributed by atoms with Crippen molar-refractivity contribution in [3.8, 4) is 0 Å². The zero-order chi connectivity index (χ0) is 23.4. The number of amides is 1. The van der Waals surface area contributed by atoms with Crippen molar-refractivity contribution in [2.75, 3.05) is 37.7 Å². The van der Waals surface area contributed by atoms with E-state index in [2.05, 4.69) is 27.6 Å². The Labute approximate surface area is 198 Å². The number of likely N-dealkylation sites (tertiary alicyclic amines) is 1. The minimum atomic E-state index is -0.891. The third-order valence-corrected chi connectivity index (χ3v) is 7.79. The maximum Gasteiger partial charge on any atom is 0.412 e. The van der Waals surface area contributed by atoms with E-state index >= 15 is 0 Å². The number of hydrogen-bond donors (Lipinski definition) is 1. The summed E-state index contributed by atoms with van der Waals surface area (Å²) in [6.07, 6.45) is 5.33. The lowest BCUT2D eigenvalue weighted by molar-refractivity contribution is -0.189. The fourth-order valence-electron chi connectivity index (χ4n) is 6.02. The lowest BCUT2D eigenvalue weighted by atomic mass is 9.78. The maximum atomic E-state index is 12.1. The predicted molar refractivity (Wildman–Crippen MR) is 128 cm³/mol. The molecule has 0 radical (unpaired) electrons. The number of imidazole rings is 1. The number of carbonyl (C=O) groups is 1. The molecule has 0 bridgehead atoms. The van der Waals surface area contributed by atoms with Crippen LogP contribution in [0.5, 0.6) is 0 Å². The van der Waals surface area contributed by atoms with Crippen LogP contribution in [0.15, 0.2) is 24.5 Å². The van der Waals surface area contributed by atoms with Crippen molar-refractivity contribution in [2.24, 2.45) is 5.41 Å². The molecule has 1 atom stereocenters. The molecule has 180 valence electrons. The van der Waals surface area contributed by atoms with Gasteiger partial charge in [-0.25, -0.2) is 9.78 Å². The van der Waals surface area contributed by atoms with Crippen LogP contribution >= 0.6 is 0 Å². The van der Waals surface area contributed by atoms with E-state index in [9.17, 15) is 9.90 Å². The van der Waals surface area contributed by atoms with Gasteiger partial charge in [0.1, 0.15) is 5.82 Å². The molecule has 1 N–H and O–H groups in total. The molecule has 9 heteroatoms. The minimum absolute atomic E-state index is 0.0301. The summed E-state index contributed by atoms with van der Waals surface area (Å²) in [7, 11) is 0. The molecule has 1 unspecified atom stereocenters. The first-order chi connectivity index (χ1) is 16.4. The fourth-order valence-corrected chi connectivity index (χ4v) is 6.02. The molecule has 1 spiro atoms. The van der Waals surface area contributed by atoms with Gasteiger partial charge in [-0.3, -0.25) is 9.58 Å². The van der Waals surface area contributed by atoms with E-state index in [1.807, 2.05) is 23.9 Å². The zero-order valence-electron chi connectivity index (χ0n) is 19.9. The topological polar surface area (TPSA) is 88.7 Å². The molecule has 0 saturated carbocycles. The van der Waals surface area contributed by atoms with Gasteiger partial charge in [0.05, 0.1) is 29.9 Å². The Balaban J connectivity index is 1.36. The van der Waals surface area contributed by atoms with Crippen molar-refractivity contribution in [3.05, 3.63) is 41.5 Å². The Hall–Kier alpha value is -2.91. The van der Waals surface area contributed by atoms with Gasteiger partial charge < -0.3 is 19.3 Å². The van der Waals surface area contributed by atoms with E-state index in [0.717, 1.165) is 98.9 Å². The molecule has 1 aromatic carbocycles. The van der Waals surface area contributed by atoms with E-state index in [-0.39, 0.29) is 6.04 Å². The molecular weight excluding hydrogens is 432 g/mol. The molecule has 3 aliphatic heterocycles. The first-order valence-electron chi connectivity index (χ1n) is 12.3. The summed E-state index contributed by atoms with van der Waals surface area (Å²) in [5.41, 5.74) is 5.47. The summed E-state index contributed by atoms with van der Waals surface area (Å²) in [5, 5.41) is 14.2. The molecule has 2 fully saturated rings. The normalized spacial score (nSPS) is 21.5. The number of rotatable bonds is 6. The first kappa shape index (κ1) is 21.6. The molecular formula is C25H32N6O3. The number of carboxylic acid groups (broad SMARTS) is 1. The van der Waals surface area contributed by atoms with Crippen molar-refractivity contribution >= 4 is 22.8 Å². The van der Waals surface area contributed by atoms with E-state index in [4.69, 9.17) is 9.72 Å². The van der Waals surface area contributed by atoms with Gasteiger partial charge >= 0.3 is 6.09 Å². The van der Waals surface area contributed by atoms with Gasteiger partial charge in [-0.05, 0) is 44.4 Å². The zero-order valence-corrected chi connectivity index (χ0v) is 19.9. The smallest absolute Gasteiger partial charge is 0.412 e. The predicted octanol–water partition coefficient (Wildman–Crippen LogP) is 2.94. The van der Waals surface area contributed by atoms with E-state index in [0.29, 0.717) is 5.41 Å². The van der Waals surface area contributed by atoms with Crippen molar-refractivity contribution in [1.29, 1.82) is 0 Å². The molecule has 2 aromatic heterocycles. The summed E-state index contributed by atoms with van der Waals surface area (Å²) < 4.78 is 9.74. The molecule has 6 rings (SSSR count). The summed E-state index contributed by atoms with van der Waals surface area (Å²) in [6, 6.07) is 3.97. The molecule has 3 aliphatic rings. The molecule has 34 heavy (non-hydrogen) atoms. The Morgan fingerprint density at radius 2 is 2.09 bits per heavy atom. The highest BCUT2D eigenvalue weighted by Crippen LogP contribution is 2.39. The van der Waals surface area contributed by atoms with Gasteiger partial charge in [0.25, 0.3) is 0 Å². The number of aromatic nitrogens is 4. The number of nitrogens with zero attached hydrogens (tertiary/aromatic N) is 6. The third-order valence-electron chi connectivity index (χ3n) is 7.79. The molecule has 5 heterocycles. The maximum absolute atomic E-state index is 12.1. The number of benzene rings is 1. The van der Waals surface area contributed by atoms with Gasteiger partial charge in [0.15, 0.2) is 0 Å². The monoisotopic (exact) mass is 464 g/mol. The second-order valence-electron chi connectivity index (χ2n) is 10.3. The minimum Gasteiger partial charge on any atom is -0.465 e. The summed E-state index contributed by atoms with van der Waals surface area (Å²) in [6.45, 7) is 10.7. The van der Waals surface area contributed by atoms with E-state index < -0.39 is 6.09 Å². The van der Waals surface area contributed by atoms with Crippen LogP contribution < -0.4 is 4.90 Å². The first-order valence-corrected chi connectivity index (χ1v) is 12.3. The van der Waals surface area contributed by atoms with Crippen molar-refractivity contribution in [1.82, 2.24) is 24.2 Å². The number of hydrogen-bond acceptors (Lipinski definition) is 5. The lowest BCUT2D eigenvalue weighted by Crippen LogP contribution is -2.66. The Kier molecular flexibility index (Phi) is 5.14. The SMILES string of the molecule is Cc1cc2c(c3nc(CCn4cccn4)n(CCN4CC5(COC5)C4)c13)CCC(C)N2C(=O)O. The van der Waals surface area contributed by atoms with Gasteiger partial charge in [-0.2, -0.15) is 5.10 Å². The molecule has 0 aliphatic carbocycles. The highest BCUT2D eigenvalue weighted by molar-refractivity contribution is 5.96. The molecule has 3 aromatic rings. The van der Waals surface area contributed by atoms with E-state index in [1.165, 1.54) is 4.90 Å². The van der Waals surface area contributed by atoms with Crippen molar-refractivity contribution < 1.29 is 14.6 Å². The average molecular weight is 465 g/mol. The van der Waals surface area contributed by atoms with Crippen molar-refractivity contribution in [3.63, 3.8) is 0 Å². The van der Waals surface area contributed by atoms with Gasteiger partial charge in [-0.15, -0.1) is 0 Å². The molecule has 2 saturated heterocycles. The average Bonchev–Trinajstić information content (AvgIpc) is 3.37. The summed E-state index contributed by atoms with van der Waals surface area (Å²) in [5.74, 6) is 1.05. The summed E-state index contributed by atoms with van der Waals surface area (Å²) >= 11 is 0. The van der Waals surface area contributed by atoms with Gasteiger partial charge in [0.2, 0.25) is 0 Å². The standard InChI is InChI=1S/C25H32N6O3/c1-17-12-20-19(5-4-18(2)31(20)24(32)33)22-23(17)30(11-10-28-13-25(14-28)15-34-16-25)21(27-22)6-9-29-8-3-7-26-29/h3,7-8,12,18H,4-6,9-11,13-16H2,1-2H3,(H,32,33). The quantitative estimate of drug-likeness (QED) is 0.604. The van der Waals surface area contributed by atoms with Crippen LogP contribution in [0.25, 0.3) is 11.0 Å². The highest BCUT2D eigenvalue weighted by atomic mass is 16.5. The van der Waals surface area contributed by atoms with Crippen LogP contribution in [0.3, 0.4) is 0 Å². The van der Waals surface area contributed by atoms with Gasteiger partial charge in [-0.1, -0.05) is 0 Å². The second kappa shape index (κ2) is 8.09. The number of anilines is 1. The highest BCUT2D eigenvalue weighted by Gasteiger charge is 2.48. The number of fused-ring (bicyclic) bond motifs is 3. The fraction of sp³-hybridized carbons (Fsp3) is 0.560. The van der Waals surface area contributed by atoms with Crippen molar-refractivity contribution in [2.45, 2.75) is 52.2 Å². The van der Waals surface area contributed by atoms with Gasteiger partial charge in [0, 0.05) is 68.6 Å². The number of ether oxygens (including phenoxy) is 1. The number of aryl methyl sites for hydroxylation is 4. The third kappa shape index (κ3) is 3.49. The Bertz CT molecular complexity index is 1220. The Morgan fingerprint density at radius 3 is 2.76 bits per heavy atom. The van der Waals surface area contributed by atoms with E-state index in [1.54, 1.807) is 6.20 Å². The Morgan fingerprint density at radius 1 is 1.26 bits per heavy atom. The molecule has 9 nitrogen and oxygen atoms in total. The van der Waals surface area contributed by atoms with Crippen LogP contribution in [0.1, 0.15) is 30.3 Å². The van der Waals surface area contributed by atoms with Crippen LogP contribution in [-0.4, -0.2) is 74.3 Å². The van der Waals surface area contributed by atoms with Crippen LogP contribution in [-0.2, 0) is 30.7 Å². The second-order valence-corrected chi connectivity index (χ2v) is 10.3.